The van der Waals surface area contributed by atoms with E-state index < -0.39 is 23.5 Å². The number of hydrogen-bond acceptors (Lipinski definition) is 4. The van der Waals surface area contributed by atoms with Crippen molar-refractivity contribution in [2.75, 3.05) is 5.32 Å². The molecular formula is C17H13F4N5O. The maximum atomic E-state index is 13.3. The van der Waals surface area contributed by atoms with Gasteiger partial charge >= 0.3 is 6.18 Å². The van der Waals surface area contributed by atoms with Crippen LogP contribution in [0.25, 0.3) is 5.82 Å². The van der Waals surface area contributed by atoms with E-state index in [4.69, 9.17) is 0 Å². The van der Waals surface area contributed by atoms with Crippen molar-refractivity contribution >= 4 is 11.6 Å². The van der Waals surface area contributed by atoms with Crippen LogP contribution in [0, 0.1) is 19.7 Å². The Balaban J connectivity index is 1.80. The summed E-state index contributed by atoms with van der Waals surface area (Å²) in [5.41, 5.74) is -0.180. The number of halogens is 4. The van der Waals surface area contributed by atoms with E-state index in [1.807, 2.05) is 19.9 Å². The number of hydrogen-bond donors (Lipinski definition) is 1. The molecule has 10 heteroatoms. The predicted octanol–water partition coefficient (Wildman–Crippen LogP) is 3.69. The highest BCUT2D eigenvalue weighted by atomic mass is 19.4. The first-order chi connectivity index (χ1) is 12.6. The maximum Gasteiger partial charge on any atom is 0.419 e. The van der Waals surface area contributed by atoms with Crippen molar-refractivity contribution in [2.45, 2.75) is 20.0 Å². The molecule has 27 heavy (non-hydrogen) atoms. The Morgan fingerprint density at radius 2 is 1.81 bits per heavy atom. The number of carbonyl (C=O) groups excluding carboxylic acids is 1. The molecule has 140 valence electrons. The summed E-state index contributed by atoms with van der Waals surface area (Å²) in [6.07, 6.45) is -4.87. The molecule has 6 nitrogen and oxygen atoms in total. The van der Waals surface area contributed by atoms with Crippen molar-refractivity contribution in [3.8, 4) is 5.82 Å². The minimum absolute atomic E-state index is 0.113. The smallest absolute Gasteiger partial charge is 0.321 e. The highest BCUT2D eigenvalue weighted by molar-refractivity contribution is 6.02. The fourth-order valence-electron chi connectivity index (χ4n) is 2.44. The Labute approximate surface area is 150 Å². The van der Waals surface area contributed by atoms with Crippen molar-refractivity contribution in [2.24, 2.45) is 0 Å². The van der Waals surface area contributed by atoms with Crippen molar-refractivity contribution < 1.29 is 22.4 Å². The molecule has 3 aromatic rings. The fourth-order valence-corrected chi connectivity index (χ4v) is 2.44. The summed E-state index contributed by atoms with van der Waals surface area (Å²) in [4.78, 5) is 12.2. The lowest BCUT2D eigenvalue weighted by Gasteiger charge is -2.11. The minimum atomic E-state index is -4.87. The maximum absolute atomic E-state index is 13.3. The quantitative estimate of drug-likeness (QED) is 0.705. The second-order valence-electron chi connectivity index (χ2n) is 5.76. The number of benzene rings is 1. The third-order valence-corrected chi connectivity index (χ3v) is 3.64. The van der Waals surface area contributed by atoms with Crippen LogP contribution in [0.1, 0.15) is 27.4 Å². The summed E-state index contributed by atoms with van der Waals surface area (Å²) >= 11 is 0. The number of carbonyl (C=O) groups is 1. The number of aromatic nitrogens is 4. The number of aryl methyl sites for hydroxylation is 2. The van der Waals surface area contributed by atoms with E-state index >= 15 is 0 Å². The van der Waals surface area contributed by atoms with E-state index in [-0.39, 0.29) is 11.4 Å². The highest BCUT2D eigenvalue weighted by Crippen LogP contribution is 2.33. The monoisotopic (exact) mass is 379 g/mol. The number of alkyl halides is 3. The van der Waals surface area contributed by atoms with Crippen LogP contribution in [0.5, 0.6) is 0 Å². The van der Waals surface area contributed by atoms with Crippen LogP contribution in [-0.2, 0) is 6.18 Å². The Kier molecular flexibility index (Phi) is 4.64. The van der Waals surface area contributed by atoms with Crippen LogP contribution < -0.4 is 5.32 Å². The molecule has 0 aliphatic heterocycles. The number of amides is 1. The van der Waals surface area contributed by atoms with E-state index in [1.165, 1.54) is 12.1 Å². The molecule has 0 saturated carbocycles. The first kappa shape index (κ1) is 18.5. The zero-order valence-electron chi connectivity index (χ0n) is 14.2. The first-order valence-corrected chi connectivity index (χ1v) is 7.70. The van der Waals surface area contributed by atoms with E-state index in [0.29, 0.717) is 18.0 Å². The molecule has 0 saturated heterocycles. The molecule has 1 N–H and O–H groups in total. The second-order valence-corrected chi connectivity index (χ2v) is 5.76. The van der Waals surface area contributed by atoms with Crippen molar-refractivity contribution in [3.05, 3.63) is 64.9 Å². The molecule has 0 atom stereocenters. The molecule has 3 rings (SSSR count). The molecule has 0 aliphatic carbocycles. The molecule has 0 aliphatic rings. The van der Waals surface area contributed by atoms with Crippen LogP contribution >= 0.6 is 0 Å². The molecule has 1 amide bonds. The van der Waals surface area contributed by atoms with E-state index in [0.717, 1.165) is 17.5 Å². The number of anilines is 1. The largest absolute Gasteiger partial charge is 0.419 e. The van der Waals surface area contributed by atoms with Crippen molar-refractivity contribution in [1.29, 1.82) is 0 Å². The average molecular weight is 379 g/mol. The van der Waals surface area contributed by atoms with Gasteiger partial charge in [0.05, 0.1) is 11.3 Å². The molecule has 0 unspecified atom stereocenters. The topological polar surface area (TPSA) is 72.7 Å². The van der Waals surface area contributed by atoms with Crippen LogP contribution in [-0.4, -0.2) is 25.9 Å². The first-order valence-electron chi connectivity index (χ1n) is 7.70. The van der Waals surface area contributed by atoms with E-state index in [1.54, 1.807) is 4.68 Å². The van der Waals surface area contributed by atoms with Gasteiger partial charge in [-0.2, -0.15) is 18.3 Å². The lowest BCUT2D eigenvalue weighted by Crippen LogP contribution is -2.16. The molecule has 2 heterocycles. The molecule has 0 spiro atoms. The molecule has 0 bridgehead atoms. The molecule has 0 fully saturated rings. The summed E-state index contributed by atoms with van der Waals surface area (Å²) in [5, 5.41) is 14.2. The third-order valence-electron chi connectivity index (χ3n) is 3.64. The van der Waals surface area contributed by atoms with E-state index in [9.17, 15) is 22.4 Å². The third kappa shape index (κ3) is 3.94. The number of nitrogens with zero attached hydrogens (tertiary/aromatic N) is 4. The summed E-state index contributed by atoms with van der Waals surface area (Å²) in [7, 11) is 0. The van der Waals surface area contributed by atoms with Gasteiger partial charge in [0.25, 0.3) is 5.91 Å². The molecule has 0 radical (unpaired) electrons. The van der Waals surface area contributed by atoms with Gasteiger partial charge in [0.1, 0.15) is 5.82 Å². The van der Waals surface area contributed by atoms with Gasteiger partial charge in [-0.1, -0.05) is 0 Å². The van der Waals surface area contributed by atoms with Crippen molar-refractivity contribution in [1.82, 2.24) is 20.0 Å². The van der Waals surface area contributed by atoms with Crippen LogP contribution in [0.15, 0.2) is 36.4 Å². The van der Waals surface area contributed by atoms with Crippen LogP contribution in [0.3, 0.4) is 0 Å². The number of rotatable bonds is 3. The van der Waals surface area contributed by atoms with Gasteiger partial charge < -0.3 is 5.32 Å². The summed E-state index contributed by atoms with van der Waals surface area (Å²) in [6.45, 7) is 3.64. The zero-order chi connectivity index (χ0) is 19.8. The standard InChI is InChI=1S/C17H13F4N5O/c1-9-7-10(2)26(25-9)15-6-5-14(23-24-15)16(27)22-11-3-4-13(18)12(8-11)17(19,20)21/h3-8H,1-2H3,(H,22,27). The fraction of sp³-hybridized carbons (Fsp3) is 0.176. The Morgan fingerprint density at radius 3 is 2.37 bits per heavy atom. The van der Waals surface area contributed by atoms with Gasteiger partial charge in [0, 0.05) is 11.4 Å². The van der Waals surface area contributed by atoms with Gasteiger partial charge in [0.2, 0.25) is 0 Å². The normalized spacial score (nSPS) is 11.5. The Morgan fingerprint density at radius 1 is 1.07 bits per heavy atom. The summed E-state index contributed by atoms with van der Waals surface area (Å²) < 4.78 is 53.1. The summed E-state index contributed by atoms with van der Waals surface area (Å²) in [5.74, 6) is -1.81. The zero-order valence-corrected chi connectivity index (χ0v) is 14.2. The van der Waals surface area contributed by atoms with Gasteiger partial charge in [-0.05, 0) is 50.2 Å². The van der Waals surface area contributed by atoms with Crippen LogP contribution in [0.4, 0.5) is 23.2 Å². The van der Waals surface area contributed by atoms with Crippen LogP contribution in [0.2, 0.25) is 0 Å². The number of nitrogens with one attached hydrogen (secondary N) is 1. The molecular weight excluding hydrogens is 366 g/mol. The molecule has 1 aromatic carbocycles. The van der Waals surface area contributed by atoms with Crippen molar-refractivity contribution in [3.63, 3.8) is 0 Å². The predicted molar refractivity (Wildman–Crippen MR) is 88.0 cm³/mol. The highest BCUT2D eigenvalue weighted by Gasteiger charge is 2.34. The van der Waals surface area contributed by atoms with Gasteiger partial charge in [-0.15, -0.1) is 10.2 Å². The second kappa shape index (κ2) is 6.78. The lowest BCUT2D eigenvalue weighted by molar-refractivity contribution is -0.139. The Bertz CT molecular complexity index is 996. The summed E-state index contributed by atoms with van der Waals surface area (Å²) in [6, 6.07) is 6.89. The molecule has 2 aromatic heterocycles. The minimum Gasteiger partial charge on any atom is -0.321 e. The average Bonchev–Trinajstić information content (AvgIpc) is 2.94. The van der Waals surface area contributed by atoms with Gasteiger partial charge in [-0.3, -0.25) is 4.79 Å². The van der Waals surface area contributed by atoms with Gasteiger partial charge in [0.15, 0.2) is 11.5 Å². The lowest BCUT2D eigenvalue weighted by atomic mass is 10.1. The van der Waals surface area contributed by atoms with Gasteiger partial charge in [-0.25, -0.2) is 9.07 Å². The Hall–Kier alpha value is -3.30. The SMILES string of the molecule is Cc1cc(C)n(-c2ccc(C(=O)Nc3ccc(F)c(C(F)(F)F)c3)nn2)n1. The van der Waals surface area contributed by atoms with E-state index in [2.05, 4.69) is 20.6 Å².